The van der Waals surface area contributed by atoms with Gasteiger partial charge in [-0.25, -0.2) is 0 Å². The highest BCUT2D eigenvalue weighted by Gasteiger charge is 2.34. The summed E-state index contributed by atoms with van der Waals surface area (Å²) in [6, 6.07) is 7.50. The molecule has 0 aromatic carbocycles. The lowest BCUT2D eigenvalue weighted by Crippen LogP contribution is -2.52. The lowest BCUT2D eigenvalue weighted by Gasteiger charge is -2.45. The Bertz CT molecular complexity index is 1030. The van der Waals surface area contributed by atoms with E-state index in [0.29, 0.717) is 36.3 Å². The van der Waals surface area contributed by atoms with Gasteiger partial charge in [0.15, 0.2) is 5.82 Å². The van der Waals surface area contributed by atoms with E-state index < -0.39 is 0 Å². The summed E-state index contributed by atoms with van der Waals surface area (Å²) in [6.45, 7) is 7.29. The molecule has 4 heterocycles. The molecule has 0 amide bonds. The molecule has 1 saturated heterocycles. The number of rotatable bonds is 8. The topological polar surface area (TPSA) is 121 Å². The second-order valence-electron chi connectivity index (χ2n) is 8.28. The minimum Gasteiger partial charge on any atom is -0.366 e. The van der Waals surface area contributed by atoms with E-state index >= 15 is 0 Å². The van der Waals surface area contributed by atoms with Crippen molar-refractivity contribution in [2.75, 3.05) is 17.2 Å². The van der Waals surface area contributed by atoms with E-state index in [1.165, 1.54) is 0 Å². The van der Waals surface area contributed by atoms with Crippen LogP contribution in [0.5, 0.6) is 0 Å². The van der Waals surface area contributed by atoms with Crippen molar-refractivity contribution < 1.29 is 0 Å². The van der Waals surface area contributed by atoms with Crippen LogP contribution in [0.4, 0.5) is 17.6 Å². The Balaban J connectivity index is 1.56. The van der Waals surface area contributed by atoms with Crippen LogP contribution in [-0.4, -0.2) is 54.7 Å². The van der Waals surface area contributed by atoms with Crippen molar-refractivity contribution in [2.45, 2.75) is 71.0 Å². The molecule has 3 aromatic rings. The van der Waals surface area contributed by atoms with Crippen LogP contribution < -0.4 is 10.6 Å². The molecule has 2 unspecified atom stereocenters. The molecule has 0 radical (unpaired) electrons. The van der Waals surface area contributed by atoms with Crippen LogP contribution in [0.2, 0.25) is 0 Å². The van der Waals surface area contributed by atoms with Crippen molar-refractivity contribution in [2.24, 2.45) is 0 Å². The van der Waals surface area contributed by atoms with E-state index in [0.717, 1.165) is 54.8 Å². The van der Waals surface area contributed by atoms with Crippen LogP contribution in [0.15, 0.2) is 18.3 Å². The highest BCUT2D eigenvalue weighted by molar-refractivity contribution is 5.88. The molecular formula is C22H31N9. The molecule has 9 nitrogen and oxygen atoms in total. The van der Waals surface area contributed by atoms with E-state index in [1.807, 2.05) is 25.3 Å². The molecule has 4 rings (SSSR count). The maximum absolute atomic E-state index is 9.06. The molecule has 1 fully saturated rings. The number of H-pyrrole nitrogens is 2. The second kappa shape index (κ2) is 9.35. The maximum Gasteiger partial charge on any atom is 0.232 e. The van der Waals surface area contributed by atoms with E-state index in [4.69, 9.17) is 10.2 Å². The molecule has 2 atom stereocenters. The van der Waals surface area contributed by atoms with E-state index in [1.54, 1.807) is 0 Å². The summed E-state index contributed by atoms with van der Waals surface area (Å²) in [6.07, 6.45) is 6.71. The molecule has 164 valence electrons. The Hall–Kier alpha value is -3.12. The average Bonchev–Trinajstić information content (AvgIpc) is 3.41. The van der Waals surface area contributed by atoms with Gasteiger partial charge >= 0.3 is 0 Å². The van der Waals surface area contributed by atoms with Crippen LogP contribution in [0.25, 0.3) is 11.0 Å². The van der Waals surface area contributed by atoms with Crippen LogP contribution in [0.3, 0.4) is 0 Å². The molecule has 1 aliphatic rings. The Morgan fingerprint density at radius 2 is 2.00 bits per heavy atom. The predicted molar refractivity (Wildman–Crippen MR) is 122 cm³/mol. The molecule has 9 heteroatoms. The molecule has 0 bridgehead atoms. The van der Waals surface area contributed by atoms with E-state index in [2.05, 4.69) is 55.6 Å². The van der Waals surface area contributed by atoms with Crippen molar-refractivity contribution in [3.63, 3.8) is 0 Å². The summed E-state index contributed by atoms with van der Waals surface area (Å²) >= 11 is 0. The fraction of sp³-hybridized carbons (Fsp3) is 0.545. The highest BCUT2D eigenvalue weighted by atomic mass is 15.3. The van der Waals surface area contributed by atoms with Crippen molar-refractivity contribution in [3.05, 3.63) is 24.0 Å². The number of piperidine rings is 1. The summed E-state index contributed by atoms with van der Waals surface area (Å²) in [5.41, 5.74) is 1.76. The van der Waals surface area contributed by atoms with Crippen molar-refractivity contribution >= 4 is 28.6 Å². The molecule has 0 aliphatic carbocycles. The normalized spacial score (nSPS) is 21.8. The van der Waals surface area contributed by atoms with Gasteiger partial charge in [0.2, 0.25) is 5.95 Å². The van der Waals surface area contributed by atoms with E-state index in [-0.39, 0.29) is 0 Å². The van der Waals surface area contributed by atoms with Crippen LogP contribution in [0.1, 0.15) is 51.6 Å². The molecule has 1 aliphatic heterocycles. The third-order valence-corrected chi connectivity index (χ3v) is 6.18. The monoisotopic (exact) mass is 421 g/mol. The van der Waals surface area contributed by atoms with Gasteiger partial charge in [-0.05, 0) is 38.7 Å². The summed E-state index contributed by atoms with van der Waals surface area (Å²) in [5, 5.41) is 24.1. The zero-order chi connectivity index (χ0) is 21.8. The van der Waals surface area contributed by atoms with Crippen LogP contribution >= 0.6 is 0 Å². The molecule has 0 saturated carbocycles. The number of aromatic nitrogens is 5. The fourth-order valence-corrected chi connectivity index (χ4v) is 4.68. The van der Waals surface area contributed by atoms with Crippen molar-refractivity contribution in [1.82, 2.24) is 30.0 Å². The standard InChI is InChI=1S/C22H31N9/c1-4-16-12-15(13-17(5-2)31(16)10-6-8-23)25-21-18-7-9-24-20(18)27-22(28-21)26-19-11-14(3)29-30-19/h7,9,11,15-17H,4-6,10,12-13H2,1-3H3,(H4,24,25,26,27,28,29,30). The van der Waals surface area contributed by atoms with Gasteiger partial charge in [-0.2, -0.15) is 20.3 Å². The first-order valence-electron chi connectivity index (χ1n) is 11.1. The number of fused-ring (bicyclic) bond motifs is 1. The minimum atomic E-state index is 0.321. The minimum absolute atomic E-state index is 0.321. The summed E-state index contributed by atoms with van der Waals surface area (Å²) in [4.78, 5) is 15.1. The van der Waals surface area contributed by atoms with Gasteiger partial charge in [-0.1, -0.05) is 13.8 Å². The summed E-state index contributed by atoms with van der Waals surface area (Å²) < 4.78 is 0. The maximum atomic E-state index is 9.06. The van der Waals surface area contributed by atoms with Gasteiger partial charge < -0.3 is 15.6 Å². The third kappa shape index (κ3) is 4.64. The summed E-state index contributed by atoms with van der Waals surface area (Å²) in [5.74, 6) is 2.04. The Kier molecular flexibility index (Phi) is 6.37. The Labute approximate surface area is 182 Å². The van der Waals surface area contributed by atoms with E-state index in [9.17, 15) is 0 Å². The number of nitriles is 1. The average molecular weight is 422 g/mol. The van der Waals surface area contributed by atoms with Gasteiger partial charge in [0.1, 0.15) is 11.5 Å². The SMILES string of the molecule is CCC1CC(Nc2nc(Nc3cc(C)[nH]n3)nc3[nH]ccc23)CC(CC)N1CCC#N. The fourth-order valence-electron chi connectivity index (χ4n) is 4.68. The van der Waals surface area contributed by atoms with Crippen molar-refractivity contribution in [3.8, 4) is 6.07 Å². The summed E-state index contributed by atoms with van der Waals surface area (Å²) in [7, 11) is 0. The Morgan fingerprint density at radius 1 is 1.23 bits per heavy atom. The first-order chi connectivity index (χ1) is 15.1. The largest absolute Gasteiger partial charge is 0.366 e. The van der Waals surface area contributed by atoms with Crippen LogP contribution in [0, 0.1) is 18.3 Å². The molecule has 31 heavy (non-hydrogen) atoms. The molecular weight excluding hydrogens is 390 g/mol. The molecule has 4 N–H and O–H groups in total. The van der Waals surface area contributed by atoms with Crippen molar-refractivity contribution in [1.29, 1.82) is 5.26 Å². The number of nitrogens with one attached hydrogen (secondary N) is 4. The number of aryl methyl sites for hydroxylation is 1. The van der Waals surface area contributed by atoms with Crippen LogP contribution in [-0.2, 0) is 0 Å². The lowest BCUT2D eigenvalue weighted by molar-refractivity contribution is 0.0735. The molecule has 0 spiro atoms. The molecule has 3 aromatic heterocycles. The van der Waals surface area contributed by atoms with Gasteiger partial charge in [0.25, 0.3) is 0 Å². The quantitative estimate of drug-likeness (QED) is 0.432. The van der Waals surface area contributed by atoms with Gasteiger partial charge in [0, 0.05) is 49.0 Å². The zero-order valence-electron chi connectivity index (χ0n) is 18.4. The third-order valence-electron chi connectivity index (χ3n) is 6.18. The first kappa shape index (κ1) is 21.1. The number of anilines is 3. The number of likely N-dealkylation sites (tertiary alicyclic amines) is 1. The second-order valence-corrected chi connectivity index (χ2v) is 8.28. The van der Waals surface area contributed by atoms with Gasteiger partial charge in [-0.15, -0.1) is 0 Å². The number of hydrogen-bond acceptors (Lipinski definition) is 7. The first-order valence-corrected chi connectivity index (χ1v) is 11.1. The number of hydrogen-bond donors (Lipinski definition) is 4. The zero-order valence-corrected chi connectivity index (χ0v) is 18.4. The number of aromatic amines is 2. The smallest absolute Gasteiger partial charge is 0.232 e. The van der Waals surface area contributed by atoms with Gasteiger partial charge in [-0.3, -0.25) is 10.00 Å². The number of nitrogens with zero attached hydrogens (tertiary/aromatic N) is 5. The van der Waals surface area contributed by atoms with Gasteiger partial charge in [0.05, 0.1) is 11.5 Å². The highest BCUT2D eigenvalue weighted by Crippen LogP contribution is 2.31. The lowest BCUT2D eigenvalue weighted by atomic mass is 9.88. The predicted octanol–water partition coefficient (Wildman–Crippen LogP) is 4.08. The Morgan fingerprint density at radius 3 is 2.65 bits per heavy atom.